The predicted molar refractivity (Wildman–Crippen MR) is 65.5 cm³/mol. The minimum absolute atomic E-state index is 0. The second-order valence-electron chi connectivity index (χ2n) is 3.13. The van der Waals surface area contributed by atoms with Gasteiger partial charge < -0.3 is 15.8 Å². The van der Waals surface area contributed by atoms with Crippen molar-refractivity contribution in [2.24, 2.45) is 5.73 Å². The highest BCUT2D eigenvalue weighted by atomic mass is 16.5. The SMILES string of the molecule is C.CNC(=O)Cc1ccc(OCCN)cc1. The Morgan fingerprint density at radius 2 is 2.00 bits per heavy atom. The molecule has 0 aromatic heterocycles. The summed E-state index contributed by atoms with van der Waals surface area (Å²) in [6, 6.07) is 7.43. The first-order valence-corrected chi connectivity index (χ1v) is 4.88. The van der Waals surface area contributed by atoms with Crippen molar-refractivity contribution in [3.05, 3.63) is 29.8 Å². The van der Waals surface area contributed by atoms with Gasteiger partial charge in [0, 0.05) is 13.6 Å². The van der Waals surface area contributed by atoms with Crippen LogP contribution in [0.2, 0.25) is 0 Å². The number of nitrogens with one attached hydrogen (secondary N) is 1. The molecule has 16 heavy (non-hydrogen) atoms. The molecule has 90 valence electrons. The van der Waals surface area contributed by atoms with Crippen molar-refractivity contribution in [1.29, 1.82) is 0 Å². The second-order valence-corrected chi connectivity index (χ2v) is 3.13. The van der Waals surface area contributed by atoms with Crippen molar-refractivity contribution >= 4 is 5.91 Å². The molecule has 3 N–H and O–H groups in total. The molecular formula is C12H20N2O2. The summed E-state index contributed by atoms with van der Waals surface area (Å²) in [6.45, 7) is 1.01. The van der Waals surface area contributed by atoms with E-state index in [0.717, 1.165) is 11.3 Å². The number of carbonyl (C=O) groups excluding carboxylic acids is 1. The van der Waals surface area contributed by atoms with Gasteiger partial charge in [-0.25, -0.2) is 0 Å². The molecule has 0 fully saturated rings. The quantitative estimate of drug-likeness (QED) is 0.782. The van der Waals surface area contributed by atoms with Crippen LogP contribution in [0.15, 0.2) is 24.3 Å². The van der Waals surface area contributed by atoms with E-state index in [1.165, 1.54) is 0 Å². The third-order valence-electron chi connectivity index (χ3n) is 1.95. The van der Waals surface area contributed by atoms with Crippen molar-refractivity contribution in [1.82, 2.24) is 5.32 Å². The molecule has 1 aromatic carbocycles. The molecular weight excluding hydrogens is 204 g/mol. The zero-order valence-electron chi connectivity index (χ0n) is 8.82. The molecule has 0 spiro atoms. The maximum atomic E-state index is 11.1. The van der Waals surface area contributed by atoms with E-state index in [4.69, 9.17) is 10.5 Å². The number of benzene rings is 1. The molecule has 0 aliphatic rings. The molecule has 0 atom stereocenters. The van der Waals surface area contributed by atoms with Crippen LogP contribution in [0.4, 0.5) is 0 Å². The summed E-state index contributed by atoms with van der Waals surface area (Å²) < 4.78 is 5.32. The van der Waals surface area contributed by atoms with Crippen molar-refractivity contribution in [3.8, 4) is 5.75 Å². The number of hydrogen-bond acceptors (Lipinski definition) is 3. The Balaban J connectivity index is 0.00000225. The zero-order chi connectivity index (χ0) is 11.1. The topological polar surface area (TPSA) is 64.3 Å². The summed E-state index contributed by atoms with van der Waals surface area (Å²) >= 11 is 0. The molecule has 1 amide bonds. The van der Waals surface area contributed by atoms with Gasteiger partial charge in [-0.2, -0.15) is 0 Å². The fourth-order valence-electron chi connectivity index (χ4n) is 1.15. The zero-order valence-corrected chi connectivity index (χ0v) is 8.82. The van der Waals surface area contributed by atoms with Crippen molar-refractivity contribution < 1.29 is 9.53 Å². The normalized spacial score (nSPS) is 9.12. The summed E-state index contributed by atoms with van der Waals surface area (Å²) in [7, 11) is 1.63. The monoisotopic (exact) mass is 224 g/mol. The van der Waals surface area contributed by atoms with Crippen LogP contribution in [-0.2, 0) is 11.2 Å². The third-order valence-corrected chi connectivity index (χ3v) is 1.95. The van der Waals surface area contributed by atoms with Gasteiger partial charge in [-0.05, 0) is 17.7 Å². The van der Waals surface area contributed by atoms with Crippen molar-refractivity contribution in [2.75, 3.05) is 20.2 Å². The van der Waals surface area contributed by atoms with Gasteiger partial charge in [-0.3, -0.25) is 4.79 Å². The van der Waals surface area contributed by atoms with E-state index in [1.54, 1.807) is 7.05 Å². The van der Waals surface area contributed by atoms with Crippen LogP contribution in [0.3, 0.4) is 0 Å². The van der Waals surface area contributed by atoms with Crippen LogP contribution in [0, 0.1) is 0 Å². The lowest BCUT2D eigenvalue weighted by Gasteiger charge is -2.05. The van der Waals surface area contributed by atoms with Crippen LogP contribution in [0.5, 0.6) is 5.75 Å². The Morgan fingerprint density at radius 1 is 1.38 bits per heavy atom. The molecule has 0 heterocycles. The van der Waals surface area contributed by atoms with Crippen LogP contribution in [0.1, 0.15) is 13.0 Å². The van der Waals surface area contributed by atoms with Gasteiger partial charge in [0.05, 0.1) is 6.42 Å². The van der Waals surface area contributed by atoms with Crippen LogP contribution in [-0.4, -0.2) is 26.1 Å². The van der Waals surface area contributed by atoms with E-state index < -0.39 is 0 Å². The highest BCUT2D eigenvalue weighted by molar-refractivity contribution is 5.78. The Morgan fingerprint density at radius 3 is 2.50 bits per heavy atom. The highest BCUT2D eigenvalue weighted by Crippen LogP contribution is 2.12. The average molecular weight is 224 g/mol. The molecule has 0 bridgehead atoms. The summed E-state index contributed by atoms with van der Waals surface area (Å²) in [4.78, 5) is 11.1. The Kier molecular flexibility index (Phi) is 6.96. The van der Waals surface area contributed by atoms with Crippen LogP contribution >= 0.6 is 0 Å². The summed E-state index contributed by atoms with van der Waals surface area (Å²) in [5.41, 5.74) is 6.28. The minimum Gasteiger partial charge on any atom is -0.492 e. The first kappa shape index (κ1) is 14.5. The number of carbonyl (C=O) groups is 1. The summed E-state index contributed by atoms with van der Waals surface area (Å²) in [5.74, 6) is 0.784. The van der Waals surface area contributed by atoms with Crippen molar-refractivity contribution in [2.45, 2.75) is 13.8 Å². The van der Waals surface area contributed by atoms with Crippen molar-refractivity contribution in [3.63, 3.8) is 0 Å². The number of ether oxygens (including phenoxy) is 1. The molecule has 0 aliphatic carbocycles. The molecule has 1 aromatic rings. The van der Waals surface area contributed by atoms with E-state index in [1.807, 2.05) is 24.3 Å². The number of likely N-dealkylation sites (N-methyl/N-ethyl adjacent to an activating group) is 1. The molecule has 0 saturated heterocycles. The summed E-state index contributed by atoms with van der Waals surface area (Å²) in [5, 5.41) is 2.58. The highest BCUT2D eigenvalue weighted by Gasteiger charge is 2.00. The lowest BCUT2D eigenvalue weighted by Crippen LogP contribution is -2.19. The molecule has 0 saturated carbocycles. The molecule has 1 rings (SSSR count). The lowest BCUT2D eigenvalue weighted by atomic mass is 10.1. The van der Waals surface area contributed by atoms with Crippen LogP contribution in [0.25, 0.3) is 0 Å². The molecule has 0 radical (unpaired) electrons. The number of hydrogen-bond donors (Lipinski definition) is 2. The van der Waals surface area contributed by atoms with Gasteiger partial charge >= 0.3 is 0 Å². The van der Waals surface area contributed by atoms with Gasteiger partial charge in [-0.1, -0.05) is 19.6 Å². The Bertz CT molecular complexity index is 309. The minimum atomic E-state index is 0. The first-order valence-electron chi connectivity index (χ1n) is 4.88. The van der Waals surface area contributed by atoms with E-state index in [9.17, 15) is 4.79 Å². The number of amides is 1. The molecule has 0 aliphatic heterocycles. The van der Waals surface area contributed by atoms with E-state index in [2.05, 4.69) is 5.32 Å². The van der Waals surface area contributed by atoms with E-state index in [-0.39, 0.29) is 13.3 Å². The first-order chi connectivity index (χ1) is 7.26. The van der Waals surface area contributed by atoms with E-state index in [0.29, 0.717) is 19.6 Å². The fourth-order valence-corrected chi connectivity index (χ4v) is 1.15. The molecule has 0 unspecified atom stereocenters. The molecule has 4 nitrogen and oxygen atoms in total. The maximum Gasteiger partial charge on any atom is 0.224 e. The second kappa shape index (κ2) is 7.70. The number of nitrogens with two attached hydrogens (primary N) is 1. The Labute approximate surface area is 96.8 Å². The fraction of sp³-hybridized carbons (Fsp3) is 0.417. The van der Waals surface area contributed by atoms with E-state index >= 15 is 0 Å². The average Bonchev–Trinajstić information content (AvgIpc) is 2.28. The third kappa shape index (κ3) is 4.79. The Hall–Kier alpha value is -1.55. The van der Waals surface area contributed by atoms with Gasteiger partial charge in [-0.15, -0.1) is 0 Å². The smallest absolute Gasteiger partial charge is 0.224 e. The maximum absolute atomic E-state index is 11.1. The van der Waals surface area contributed by atoms with Gasteiger partial charge in [0.15, 0.2) is 0 Å². The number of rotatable bonds is 5. The lowest BCUT2D eigenvalue weighted by molar-refractivity contribution is -0.119. The van der Waals surface area contributed by atoms with Gasteiger partial charge in [0.1, 0.15) is 12.4 Å². The predicted octanol–water partition coefficient (Wildman–Crippen LogP) is 0.949. The largest absolute Gasteiger partial charge is 0.492 e. The van der Waals surface area contributed by atoms with Gasteiger partial charge in [0.2, 0.25) is 5.91 Å². The van der Waals surface area contributed by atoms with Gasteiger partial charge in [0.25, 0.3) is 0 Å². The summed E-state index contributed by atoms with van der Waals surface area (Å²) in [6.07, 6.45) is 0.396. The molecule has 4 heteroatoms. The standard InChI is InChI=1S/C11H16N2O2.CH4/c1-13-11(14)8-9-2-4-10(5-3-9)15-7-6-12;/h2-5H,6-8,12H2,1H3,(H,13,14);1H4. The van der Waals surface area contributed by atoms with Crippen LogP contribution < -0.4 is 15.8 Å².